The molecule has 1 N–H and O–H groups in total. The van der Waals surface area contributed by atoms with Crippen molar-refractivity contribution in [3.63, 3.8) is 0 Å². The van der Waals surface area contributed by atoms with Crippen molar-refractivity contribution in [3.8, 4) is 5.75 Å². The van der Waals surface area contributed by atoms with Crippen molar-refractivity contribution >= 4 is 23.2 Å². The topological polar surface area (TPSA) is 41.6 Å². The van der Waals surface area contributed by atoms with E-state index in [1.165, 1.54) is 11.1 Å². The Morgan fingerprint density at radius 2 is 2.04 bits per heavy atom. The summed E-state index contributed by atoms with van der Waals surface area (Å²) in [5, 5.41) is 3.56. The molecule has 0 aliphatic carbocycles. The second-order valence-corrected chi connectivity index (χ2v) is 7.22. The summed E-state index contributed by atoms with van der Waals surface area (Å²) in [5.41, 5.74) is 5.34. The van der Waals surface area contributed by atoms with Gasteiger partial charge in [-0.3, -0.25) is 9.69 Å². The Kier molecular flexibility index (Phi) is 5.84. The van der Waals surface area contributed by atoms with Crippen molar-refractivity contribution in [1.29, 1.82) is 0 Å². The van der Waals surface area contributed by atoms with Gasteiger partial charge in [-0.05, 0) is 67.6 Å². The maximum atomic E-state index is 12.5. The number of aryl methyl sites for hydroxylation is 2. The van der Waals surface area contributed by atoms with Gasteiger partial charge in [0.15, 0.2) is 0 Å². The molecule has 4 nitrogen and oxygen atoms in total. The third-order valence-electron chi connectivity index (χ3n) is 4.64. The van der Waals surface area contributed by atoms with Crippen molar-refractivity contribution < 1.29 is 9.53 Å². The summed E-state index contributed by atoms with van der Waals surface area (Å²) in [4.78, 5) is 14.7. The first-order valence-corrected chi connectivity index (χ1v) is 9.37. The first kappa shape index (κ1) is 18.7. The highest BCUT2D eigenvalue weighted by Gasteiger charge is 2.20. The summed E-state index contributed by atoms with van der Waals surface area (Å²) in [5.74, 6) is 0.850. The number of fused-ring (bicyclic) bond motifs is 1. The Morgan fingerprint density at radius 3 is 2.77 bits per heavy atom. The van der Waals surface area contributed by atoms with Gasteiger partial charge in [0.1, 0.15) is 5.75 Å². The number of hydrogen-bond acceptors (Lipinski definition) is 3. The Bertz CT molecular complexity index is 797. The van der Waals surface area contributed by atoms with Gasteiger partial charge in [0.05, 0.1) is 23.9 Å². The highest BCUT2D eigenvalue weighted by molar-refractivity contribution is 6.34. The van der Waals surface area contributed by atoms with E-state index < -0.39 is 0 Å². The van der Waals surface area contributed by atoms with E-state index in [0.29, 0.717) is 23.9 Å². The van der Waals surface area contributed by atoms with E-state index in [2.05, 4.69) is 22.3 Å². The number of rotatable bonds is 5. The summed E-state index contributed by atoms with van der Waals surface area (Å²) in [7, 11) is 0. The van der Waals surface area contributed by atoms with Crippen molar-refractivity contribution in [2.24, 2.45) is 0 Å². The molecule has 0 saturated heterocycles. The van der Waals surface area contributed by atoms with Crippen LogP contribution < -0.4 is 10.1 Å². The van der Waals surface area contributed by atoms with Crippen LogP contribution in [0.2, 0.25) is 5.02 Å². The van der Waals surface area contributed by atoms with Crippen LogP contribution in [-0.4, -0.2) is 30.5 Å². The highest BCUT2D eigenvalue weighted by Crippen LogP contribution is 2.28. The number of hydrogen-bond donors (Lipinski definition) is 1. The molecule has 0 radical (unpaired) electrons. The minimum atomic E-state index is -0.0386. The molecule has 0 fully saturated rings. The molecule has 0 aromatic heterocycles. The van der Waals surface area contributed by atoms with E-state index in [1.807, 2.05) is 39.0 Å². The molecule has 26 heavy (non-hydrogen) atoms. The highest BCUT2D eigenvalue weighted by atomic mass is 35.5. The number of anilines is 1. The van der Waals surface area contributed by atoms with Crippen LogP contribution in [0.4, 0.5) is 5.69 Å². The van der Waals surface area contributed by atoms with Crippen LogP contribution >= 0.6 is 11.6 Å². The molecular formula is C21H25ClN2O2. The monoisotopic (exact) mass is 372 g/mol. The molecule has 5 heteroatoms. The van der Waals surface area contributed by atoms with Gasteiger partial charge in [-0.2, -0.15) is 0 Å². The van der Waals surface area contributed by atoms with Crippen LogP contribution in [0.1, 0.15) is 29.2 Å². The van der Waals surface area contributed by atoms with Gasteiger partial charge in [0, 0.05) is 13.1 Å². The van der Waals surface area contributed by atoms with Gasteiger partial charge >= 0.3 is 0 Å². The number of nitrogens with zero attached hydrogens (tertiary/aromatic N) is 1. The third kappa shape index (κ3) is 4.37. The van der Waals surface area contributed by atoms with Crippen molar-refractivity contribution in [2.75, 3.05) is 25.0 Å². The molecule has 138 valence electrons. The van der Waals surface area contributed by atoms with E-state index in [-0.39, 0.29) is 5.91 Å². The number of carbonyl (C=O) groups is 1. The second kappa shape index (κ2) is 8.11. The maximum absolute atomic E-state index is 12.5. The number of amides is 1. The standard InChI is InChI=1S/C21H25ClN2O2/c1-4-26-18-6-5-16-7-8-24(12-17(16)11-18)13-20(25)23-21-15(3)9-14(2)10-19(21)22/h5-6,9-11H,4,7-8,12-13H2,1-3H3,(H,23,25). The second-order valence-electron chi connectivity index (χ2n) is 6.81. The predicted octanol–water partition coefficient (Wildman–Crippen LogP) is 4.35. The molecule has 0 unspecified atom stereocenters. The molecule has 0 spiro atoms. The van der Waals surface area contributed by atoms with Gasteiger partial charge in [-0.15, -0.1) is 0 Å². The zero-order chi connectivity index (χ0) is 18.7. The number of ether oxygens (including phenoxy) is 1. The van der Waals surface area contributed by atoms with Crippen LogP contribution in [0.3, 0.4) is 0 Å². The minimum Gasteiger partial charge on any atom is -0.494 e. The van der Waals surface area contributed by atoms with Gasteiger partial charge in [-0.25, -0.2) is 0 Å². The SMILES string of the molecule is CCOc1ccc2c(c1)CN(CC(=O)Nc1c(C)cc(C)cc1Cl)CC2. The summed E-state index contributed by atoms with van der Waals surface area (Å²) < 4.78 is 5.59. The Morgan fingerprint density at radius 1 is 1.23 bits per heavy atom. The summed E-state index contributed by atoms with van der Waals surface area (Å²) >= 11 is 6.29. The fourth-order valence-electron chi connectivity index (χ4n) is 3.44. The lowest BCUT2D eigenvalue weighted by Crippen LogP contribution is -2.37. The molecule has 3 rings (SSSR count). The van der Waals surface area contributed by atoms with E-state index in [0.717, 1.165) is 36.4 Å². The summed E-state index contributed by atoms with van der Waals surface area (Å²) in [6.45, 7) is 8.56. The first-order valence-electron chi connectivity index (χ1n) is 9.00. The van der Waals surface area contributed by atoms with Gasteiger partial charge in [0.2, 0.25) is 5.91 Å². The average Bonchev–Trinajstić information content (AvgIpc) is 2.58. The average molecular weight is 373 g/mol. The van der Waals surface area contributed by atoms with E-state index in [9.17, 15) is 4.79 Å². The lowest BCUT2D eigenvalue weighted by molar-refractivity contribution is -0.117. The quantitative estimate of drug-likeness (QED) is 0.848. The molecule has 1 aliphatic heterocycles. The molecule has 0 bridgehead atoms. The molecule has 1 aliphatic rings. The van der Waals surface area contributed by atoms with E-state index in [1.54, 1.807) is 0 Å². The van der Waals surface area contributed by atoms with Crippen molar-refractivity contribution in [2.45, 2.75) is 33.7 Å². The fourth-order valence-corrected chi connectivity index (χ4v) is 3.81. The smallest absolute Gasteiger partial charge is 0.238 e. The first-order chi connectivity index (χ1) is 12.5. The third-order valence-corrected chi connectivity index (χ3v) is 4.94. The lowest BCUT2D eigenvalue weighted by atomic mass is 9.99. The van der Waals surface area contributed by atoms with Gasteiger partial charge in [-0.1, -0.05) is 23.7 Å². The van der Waals surface area contributed by atoms with Gasteiger partial charge < -0.3 is 10.1 Å². The van der Waals surface area contributed by atoms with Crippen molar-refractivity contribution in [1.82, 2.24) is 4.90 Å². The number of carbonyl (C=O) groups excluding carboxylic acids is 1. The molecule has 0 saturated carbocycles. The number of nitrogens with one attached hydrogen (secondary N) is 1. The summed E-state index contributed by atoms with van der Waals surface area (Å²) in [6, 6.07) is 10.1. The van der Waals surface area contributed by atoms with Crippen LogP contribution in [0.5, 0.6) is 5.75 Å². The zero-order valence-corrected chi connectivity index (χ0v) is 16.3. The Labute approximate surface area is 160 Å². The lowest BCUT2D eigenvalue weighted by Gasteiger charge is -2.28. The summed E-state index contributed by atoms with van der Waals surface area (Å²) in [6.07, 6.45) is 0.944. The molecule has 2 aromatic rings. The van der Waals surface area contributed by atoms with Crippen molar-refractivity contribution in [3.05, 3.63) is 57.6 Å². The Hall–Kier alpha value is -2.04. The minimum absolute atomic E-state index is 0.0386. The van der Waals surface area contributed by atoms with Crippen LogP contribution in [0.15, 0.2) is 30.3 Å². The maximum Gasteiger partial charge on any atom is 0.238 e. The zero-order valence-electron chi connectivity index (χ0n) is 15.6. The van der Waals surface area contributed by atoms with Crippen LogP contribution in [-0.2, 0) is 17.8 Å². The molecule has 0 atom stereocenters. The molecular weight excluding hydrogens is 348 g/mol. The molecule has 1 amide bonds. The number of halogens is 1. The normalized spacial score (nSPS) is 14.0. The predicted molar refractivity (Wildman–Crippen MR) is 106 cm³/mol. The van der Waals surface area contributed by atoms with E-state index in [4.69, 9.17) is 16.3 Å². The van der Waals surface area contributed by atoms with Gasteiger partial charge in [0.25, 0.3) is 0 Å². The van der Waals surface area contributed by atoms with Crippen LogP contribution in [0.25, 0.3) is 0 Å². The fraction of sp³-hybridized carbons (Fsp3) is 0.381. The number of benzene rings is 2. The Balaban J connectivity index is 1.65. The largest absolute Gasteiger partial charge is 0.494 e. The van der Waals surface area contributed by atoms with E-state index >= 15 is 0 Å². The molecule has 2 aromatic carbocycles. The van der Waals surface area contributed by atoms with Crippen LogP contribution in [0, 0.1) is 13.8 Å². The molecule has 1 heterocycles.